The van der Waals surface area contributed by atoms with Crippen molar-refractivity contribution in [2.24, 2.45) is 11.3 Å². The Morgan fingerprint density at radius 3 is 2.49 bits per heavy atom. The second-order valence-electron chi connectivity index (χ2n) is 10.3. The molecule has 0 saturated carbocycles. The van der Waals surface area contributed by atoms with E-state index in [4.69, 9.17) is 28.4 Å². The predicted octanol–water partition coefficient (Wildman–Crippen LogP) is 0.0582. The zero-order chi connectivity index (χ0) is 26.1. The van der Waals surface area contributed by atoms with Crippen LogP contribution in [0.3, 0.4) is 0 Å². The molecule has 2 unspecified atom stereocenters. The number of methoxy groups -OCH3 is 2. The standard InChI is InChI=1S/C24H41NO10/c1-12-9-24(31-7,35-14(3)13(12)2)19(28)21(29)25-22-18-17(32-11-33-22)20(30-6)23(4,5)16(34-18)8-15(27)10-26/h13-20,22,26-28H,1,8-11H2,2-7H3,(H,25,29)/t13-,14-,15?,16-,17+,18+,19-,20-,22?,24-/m1/s1. The highest BCUT2D eigenvalue weighted by Gasteiger charge is 2.57. The van der Waals surface area contributed by atoms with Gasteiger partial charge in [-0.3, -0.25) is 4.79 Å². The highest BCUT2D eigenvalue weighted by Crippen LogP contribution is 2.44. The molecule has 4 N–H and O–H groups in total. The summed E-state index contributed by atoms with van der Waals surface area (Å²) >= 11 is 0. The Labute approximate surface area is 206 Å². The Morgan fingerprint density at radius 1 is 1.23 bits per heavy atom. The third-order valence-corrected chi connectivity index (χ3v) is 7.77. The molecule has 11 heteroatoms. The van der Waals surface area contributed by atoms with Gasteiger partial charge in [-0.2, -0.15) is 0 Å². The molecule has 3 saturated heterocycles. The van der Waals surface area contributed by atoms with E-state index in [2.05, 4.69) is 11.9 Å². The number of fused-ring (bicyclic) bond motifs is 1. The Bertz CT molecular complexity index is 763. The summed E-state index contributed by atoms with van der Waals surface area (Å²) in [6, 6.07) is 0. The number of aliphatic hydroxyl groups excluding tert-OH is 3. The van der Waals surface area contributed by atoms with Crippen molar-refractivity contribution in [2.45, 2.75) is 95.3 Å². The lowest BCUT2D eigenvalue weighted by Gasteiger charge is -2.54. The second kappa shape index (κ2) is 11.1. The first kappa shape index (κ1) is 28.4. The molecule has 0 spiro atoms. The van der Waals surface area contributed by atoms with Gasteiger partial charge < -0.3 is 49.1 Å². The van der Waals surface area contributed by atoms with E-state index in [1.807, 2.05) is 27.7 Å². The average molecular weight is 504 g/mol. The first-order chi connectivity index (χ1) is 16.4. The van der Waals surface area contributed by atoms with E-state index in [1.165, 1.54) is 7.11 Å². The number of nitrogens with one attached hydrogen (secondary N) is 1. The lowest BCUT2D eigenvalue weighted by Crippen LogP contribution is -2.69. The predicted molar refractivity (Wildman–Crippen MR) is 123 cm³/mol. The first-order valence-electron chi connectivity index (χ1n) is 12.0. The summed E-state index contributed by atoms with van der Waals surface area (Å²) in [6.45, 7) is 11.2. The molecule has 11 nitrogen and oxygen atoms in total. The van der Waals surface area contributed by atoms with Crippen LogP contribution in [0.15, 0.2) is 12.2 Å². The van der Waals surface area contributed by atoms with Crippen molar-refractivity contribution in [3.63, 3.8) is 0 Å². The van der Waals surface area contributed by atoms with Gasteiger partial charge >= 0.3 is 0 Å². The first-order valence-corrected chi connectivity index (χ1v) is 12.0. The minimum absolute atomic E-state index is 0.0456. The number of carbonyl (C=O) groups is 1. The molecule has 0 radical (unpaired) electrons. The fourth-order valence-corrected chi connectivity index (χ4v) is 5.26. The maximum atomic E-state index is 13.2. The molecule has 202 valence electrons. The van der Waals surface area contributed by atoms with Gasteiger partial charge in [0.15, 0.2) is 12.3 Å². The average Bonchev–Trinajstić information content (AvgIpc) is 2.82. The summed E-state index contributed by atoms with van der Waals surface area (Å²) in [7, 11) is 2.93. The number of amides is 1. The molecule has 35 heavy (non-hydrogen) atoms. The maximum absolute atomic E-state index is 13.2. The van der Waals surface area contributed by atoms with Crippen LogP contribution in [0.5, 0.6) is 0 Å². The third-order valence-electron chi connectivity index (χ3n) is 7.77. The summed E-state index contributed by atoms with van der Waals surface area (Å²) in [5.41, 5.74) is 0.228. The van der Waals surface area contributed by atoms with Gasteiger partial charge in [-0.05, 0) is 6.92 Å². The zero-order valence-corrected chi connectivity index (χ0v) is 21.4. The number of aliphatic hydroxyl groups is 3. The van der Waals surface area contributed by atoms with E-state index in [0.29, 0.717) is 0 Å². The van der Waals surface area contributed by atoms with Crippen molar-refractivity contribution >= 4 is 5.91 Å². The molecule has 10 atom stereocenters. The molecule has 3 aliphatic rings. The molecule has 0 aromatic rings. The van der Waals surface area contributed by atoms with Gasteiger partial charge in [0, 0.05) is 38.4 Å². The Hall–Kier alpha value is -1.15. The number of ether oxygens (including phenoxy) is 6. The lowest BCUT2D eigenvalue weighted by molar-refractivity contribution is -0.333. The molecular formula is C24H41NO10. The van der Waals surface area contributed by atoms with Gasteiger partial charge in [0.1, 0.15) is 19.0 Å². The Kier molecular flexibility index (Phi) is 8.99. The van der Waals surface area contributed by atoms with Crippen LogP contribution in [-0.2, 0) is 33.2 Å². The molecule has 3 rings (SSSR count). The van der Waals surface area contributed by atoms with Crippen LogP contribution in [-0.4, -0.2) is 104 Å². The summed E-state index contributed by atoms with van der Waals surface area (Å²) in [5, 5.41) is 33.1. The van der Waals surface area contributed by atoms with Gasteiger partial charge in [0.2, 0.25) is 5.79 Å². The van der Waals surface area contributed by atoms with Crippen LogP contribution in [0.1, 0.15) is 40.5 Å². The number of hydrogen-bond donors (Lipinski definition) is 4. The van der Waals surface area contributed by atoms with Crippen molar-refractivity contribution in [2.75, 3.05) is 27.6 Å². The fraction of sp³-hybridized carbons (Fsp3) is 0.875. The van der Waals surface area contributed by atoms with Crippen molar-refractivity contribution in [3.8, 4) is 0 Å². The van der Waals surface area contributed by atoms with E-state index >= 15 is 0 Å². The highest BCUT2D eigenvalue weighted by molar-refractivity contribution is 5.82. The van der Waals surface area contributed by atoms with Gasteiger partial charge in [-0.15, -0.1) is 0 Å². The number of rotatable bonds is 8. The molecule has 0 aromatic heterocycles. The monoisotopic (exact) mass is 503 g/mol. The molecule has 0 bridgehead atoms. The summed E-state index contributed by atoms with van der Waals surface area (Å²) < 4.78 is 35.0. The zero-order valence-electron chi connectivity index (χ0n) is 21.4. The van der Waals surface area contributed by atoms with E-state index in [0.717, 1.165) is 5.57 Å². The fourth-order valence-electron chi connectivity index (χ4n) is 5.26. The largest absolute Gasteiger partial charge is 0.394 e. The Balaban J connectivity index is 1.79. The summed E-state index contributed by atoms with van der Waals surface area (Å²) in [5.74, 6) is -2.30. The van der Waals surface area contributed by atoms with Crippen molar-refractivity contribution in [1.82, 2.24) is 5.32 Å². The van der Waals surface area contributed by atoms with Crippen molar-refractivity contribution < 1.29 is 48.5 Å². The summed E-state index contributed by atoms with van der Waals surface area (Å²) in [6.07, 6.45) is -6.03. The molecule has 0 aliphatic carbocycles. The van der Waals surface area contributed by atoms with Crippen LogP contribution in [0.4, 0.5) is 0 Å². The molecule has 3 aliphatic heterocycles. The van der Waals surface area contributed by atoms with Gasteiger partial charge in [0.25, 0.3) is 5.91 Å². The highest BCUT2D eigenvalue weighted by atomic mass is 16.7. The molecule has 3 fully saturated rings. The van der Waals surface area contributed by atoms with Gasteiger partial charge in [-0.25, -0.2) is 0 Å². The van der Waals surface area contributed by atoms with Crippen molar-refractivity contribution in [1.29, 1.82) is 0 Å². The van der Waals surface area contributed by atoms with Crippen LogP contribution >= 0.6 is 0 Å². The van der Waals surface area contributed by atoms with E-state index in [9.17, 15) is 20.1 Å². The second-order valence-corrected chi connectivity index (χ2v) is 10.3. The Morgan fingerprint density at radius 2 is 1.91 bits per heavy atom. The van der Waals surface area contributed by atoms with Crippen LogP contribution < -0.4 is 5.32 Å². The SMILES string of the molecule is C=C1C[C@](OC)([C@H](O)C(=O)NC2OCO[C@H]3[C@@H]2O[C@H](CC(O)CO)C(C)(C)[C@@H]3OC)O[C@H](C)[C@@H]1C. The minimum Gasteiger partial charge on any atom is -0.394 e. The number of carbonyl (C=O) groups excluding carboxylic acids is 1. The maximum Gasteiger partial charge on any atom is 0.256 e. The minimum atomic E-state index is -1.67. The molecule has 3 heterocycles. The quantitative estimate of drug-likeness (QED) is 0.336. The number of hydrogen-bond acceptors (Lipinski definition) is 10. The molecule has 0 aromatic carbocycles. The summed E-state index contributed by atoms with van der Waals surface area (Å²) in [4.78, 5) is 13.2. The molecular weight excluding hydrogens is 462 g/mol. The van der Waals surface area contributed by atoms with Gasteiger partial charge in [-0.1, -0.05) is 32.9 Å². The van der Waals surface area contributed by atoms with E-state index < -0.39 is 66.6 Å². The van der Waals surface area contributed by atoms with Crippen LogP contribution in [0.2, 0.25) is 0 Å². The topological polar surface area (TPSA) is 145 Å². The van der Waals surface area contributed by atoms with Crippen molar-refractivity contribution in [3.05, 3.63) is 12.2 Å². The van der Waals surface area contributed by atoms with E-state index in [1.54, 1.807) is 7.11 Å². The van der Waals surface area contributed by atoms with E-state index in [-0.39, 0.29) is 31.7 Å². The molecule has 1 amide bonds. The van der Waals surface area contributed by atoms with Crippen LogP contribution in [0, 0.1) is 11.3 Å². The smallest absolute Gasteiger partial charge is 0.256 e. The third kappa shape index (κ3) is 5.43. The lowest BCUT2D eigenvalue weighted by atomic mass is 9.72. The van der Waals surface area contributed by atoms with Gasteiger partial charge in [0.05, 0.1) is 31.0 Å². The normalized spacial score (nSPS) is 41.1. The van der Waals surface area contributed by atoms with Crippen LogP contribution in [0.25, 0.3) is 0 Å².